The van der Waals surface area contributed by atoms with E-state index in [2.05, 4.69) is 18.2 Å². The van der Waals surface area contributed by atoms with Crippen LogP contribution in [0.1, 0.15) is 30.7 Å². The number of hydrogen-bond donors (Lipinski definition) is 2. The van der Waals surface area contributed by atoms with E-state index in [9.17, 15) is 5.26 Å². The molecule has 4 nitrogen and oxygen atoms in total. The van der Waals surface area contributed by atoms with Crippen LogP contribution in [0.25, 0.3) is 0 Å². The Balaban J connectivity index is 2.09. The minimum atomic E-state index is 0.00861. The minimum Gasteiger partial charge on any atom is -0.440 e. The third kappa shape index (κ3) is 2.01. The molecular formula is C16H17N3O. The second-order valence-corrected chi connectivity index (χ2v) is 5.31. The van der Waals surface area contributed by atoms with Crippen LogP contribution in [-0.2, 0) is 0 Å². The van der Waals surface area contributed by atoms with Crippen molar-refractivity contribution >= 4 is 5.69 Å². The molecule has 1 heterocycles. The molecule has 4 heteroatoms. The molecule has 1 aromatic carbocycles. The van der Waals surface area contributed by atoms with Crippen molar-refractivity contribution in [3.8, 4) is 11.8 Å². The summed E-state index contributed by atoms with van der Waals surface area (Å²) < 4.78 is 5.57. The van der Waals surface area contributed by atoms with Crippen LogP contribution in [0.3, 0.4) is 0 Å². The summed E-state index contributed by atoms with van der Waals surface area (Å²) in [4.78, 5) is 0. The highest BCUT2D eigenvalue weighted by molar-refractivity contribution is 5.56. The number of nitrogen functional groups attached to an aromatic ring is 1. The Morgan fingerprint density at radius 1 is 1.25 bits per heavy atom. The van der Waals surface area contributed by atoms with Crippen LogP contribution in [0.2, 0.25) is 0 Å². The first-order valence-corrected chi connectivity index (χ1v) is 6.82. The van der Waals surface area contributed by atoms with E-state index in [0.717, 1.165) is 24.8 Å². The molecule has 0 radical (unpaired) electrons. The van der Waals surface area contributed by atoms with E-state index in [4.69, 9.17) is 16.2 Å². The minimum absolute atomic E-state index is 0.00861. The molecule has 102 valence electrons. The molecule has 0 fully saturated rings. The number of nitrogens with two attached hydrogens (primary N) is 2. The van der Waals surface area contributed by atoms with Gasteiger partial charge >= 0.3 is 0 Å². The third-order valence-electron chi connectivity index (χ3n) is 4.07. The number of ether oxygens (including phenoxy) is 1. The molecule has 0 unspecified atom stereocenters. The highest BCUT2D eigenvalue weighted by Gasteiger charge is 2.34. The summed E-state index contributed by atoms with van der Waals surface area (Å²) in [6.45, 7) is 0. The number of rotatable bonds is 1. The van der Waals surface area contributed by atoms with Crippen LogP contribution in [0.4, 0.5) is 5.69 Å². The Morgan fingerprint density at radius 3 is 2.80 bits per heavy atom. The van der Waals surface area contributed by atoms with E-state index in [-0.39, 0.29) is 11.8 Å². The largest absolute Gasteiger partial charge is 0.440 e. The van der Waals surface area contributed by atoms with E-state index in [0.29, 0.717) is 22.9 Å². The van der Waals surface area contributed by atoms with Crippen molar-refractivity contribution in [2.24, 2.45) is 11.7 Å². The Hall–Kier alpha value is -2.41. The van der Waals surface area contributed by atoms with Crippen LogP contribution in [0.15, 0.2) is 41.8 Å². The zero-order chi connectivity index (χ0) is 14.1. The molecule has 3 rings (SSSR count). The van der Waals surface area contributed by atoms with Gasteiger partial charge in [-0.05, 0) is 31.2 Å². The molecule has 0 amide bonds. The first kappa shape index (κ1) is 12.6. The van der Waals surface area contributed by atoms with Gasteiger partial charge in [0.2, 0.25) is 5.88 Å². The number of benzene rings is 1. The summed E-state index contributed by atoms with van der Waals surface area (Å²) in [6.07, 6.45) is 7.45. The lowest BCUT2D eigenvalue weighted by atomic mass is 9.74. The maximum atomic E-state index is 9.43. The van der Waals surface area contributed by atoms with Gasteiger partial charge < -0.3 is 16.2 Å². The smallest absolute Gasteiger partial charge is 0.205 e. The van der Waals surface area contributed by atoms with Gasteiger partial charge in [0.25, 0.3) is 0 Å². The maximum Gasteiger partial charge on any atom is 0.205 e. The fourth-order valence-corrected chi connectivity index (χ4v) is 3.11. The van der Waals surface area contributed by atoms with Gasteiger partial charge in [0.05, 0.1) is 5.57 Å². The van der Waals surface area contributed by atoms with Crippen molar-refractivity contribution in [2.75, 3.05) is 5.73 Å². The summed E-state index contributed by atoms with van der Waals surface area (Å²) in [6, 6.07) is 7.82. The number of nitriles is 1. The Morgan fingerprint density at radius 2 is 2.10 bits per heavy atom. The molecule has 1 aromatic rings. The third-order valence-corrected chi connectivity index (χ3v) is 4.07. The first-order valence-electron chi connectivity index (χ1n) is 6.82. The molecule has 0 spiro atoms. The quantitative estimate of drug-likeness (QED) is 0.605. The van der Waals surface area contributed by atoms with Gasteiger partial charge in [-0.15, -0.1) is 0 Å². The number of fused-ring (bicyclic) bond motifs is 1. The second kappa shape index (κ2) is 4.93. The average Bonchev–Trinajstić information content (AvgIpc) is 2.46. The molecule has 0 aromatic heterocycles. The van der Waals surface area contributed by atoms with Crippen molar-refractivity contribution in [3.63, 3.8) is 0 Å². The monoisotopic (exact) mass is 267 g/mol. The SMILES string of the molecule is N#CC1=C(N)Oc2cc(N)ccc2[C@H]1[C@@H]1CC=CCC1. The summed E-state index contributed by atoms with van der Waals surface area (Å²) in [5.41, 5.74) is 13.9. The van der Waals surface area contributed by atoms with E-state index in [1.807, 2.05) is 12.1 Å². The highest BCUT2D eigenvalue weighted by Crippen LogP contribution is 2.46. The predicted octanol–water partition coefficient (Wildman–Crippen LogP) is 2.79. The van der Waals surface area contributed by atoms with Gasteiger partial charge in [-0.25, -0.2) is 0 Å². The molecule has 0 bridgehead atoms. The molecule has 2 aliphatic rings. The van der Waals surface area contributed by atoms with Gasteiger partial charge in [0, 0.05) is 23.2 Å². The fraction of sp³-hybridized carbons (Fsp3) is 0.312. The van der Waals surface area contributed by atoms with Gasteiger partial charge in [0.1, 0.15) is 11.8 Å². The van der Waals surface area contributed by atoms with Crippen LogP contribution in [0.5, 0.6) is 5.75 Å². The molecule has 20 heavy (non-hydrogen) atoms. The number of anilines is 1. The van der Waals surface area contributed by atoms with E-state index in [1.54, 1.807) is 6.07 Å². The molecule has 2 atom stereocenters. The molecule has 0 saturated carbocycles. The fourth-order valence-electron chi connectivity index (χ4n) is 3.11. The summed E-state index contributed by atoms with van der Waals surface area (Å²) >= 11 is 0. The predicted molar refractivity (Wildman–Crippen MR) is 77.5 cm³/mol. The molecule has 1 aliphatic heterocycles. The standard InChI is InChI=1S/C16H17N3O/c17-9-13-15(10-4-2-1-3-5-10)12-7-6-11(18)8-14(12)20-16(13)19/h1-2,6-8,10,15H,3-5,18-19H2/t10-,15-/m1/s1. The Labute approximate surface area is 118 Å². The van der Waals surface area contributed by atoms with Gasteiger partial charge in [-0.3, -0.25) is 0 Å². The molecular weight excluding hydrogens is 250 g/mol. The lowest BCUT2D eigenvalue weighted by molar-refractivity contribution is 0.348. The average molecular weight is 267 g/mol. The van der Waals surface area contributed by atoms with Crippen LogP contribution >= 0.6 is 0 Å². The van der Waals surface area contributed by atoms with Crippen molar-refractivity contribution < 1.29 is 4.74 Å². The summed E-state index contributed by atoms with van der Waals surface area (Å²) in [5.74, 6) is 1.29. The van der Waals surface area contributed by atoms with Gasteiger partial charge in [0.15, 0.2) is 0 Å². The zero-order valence-corrected chi connectivity index (χ0v) is 11.2. The molecule has 0 saturated heterocycles. The van der Waals surface area contributed by atoms with Crippen molar-refractivity contribution in [2.45, 2.75) is 25.2 Å². The number of nitrogens with zero attached hydrogens (tertiary/aromatic N) is 1. The van der Waals surface area contributed by atoms with Gasteiger partial charge in [-0.1, -0.05) is 18.2 Å². The summed E-state index contributed by atoms with van der Waals surface area (Å²) in [5, 5.41) is 9.43. The molecule has 4 N–H and O–H groups in total. The normalized spacial score (nSPS) is 24.8. The summed E-state index contributed by atoms with van der Waals surface area (Å²) in [7, 11) is 0. The van der Waals surface area contributed by atoms with Crippen LogP contribution in [0, 0.1) is 17.2 Å². The van der Waals surface area contributed by atoms with Gasteiger partial charge in [-0.2, -0.15) is 5.26 Å². The number of allylic oxidation sites excluding steroid dienone is 3. The maximum absolute atomic E-state index is 9.43. The second-order valence-electron chi connectivity index (χ2n) is 5.31. The zero-order valence-electron chi connectivity index (χ0n) is 11.2. The van der Waals surface area contributed by atoms with E-state index >= 15 is 0 Å². The van der Waals surface area contributed by atoms with E-state index < -0.39 is 0 Å². The van der Waals surface area contributed by atoms with Crippen molar-refractivity contribution in [1.82, 2.24) is 0 Å². The molecule has 1 aliphatic carbocycles. The van der Waals surface area contributed by atoms with Crippen molar-refractivity contribution in [3.05, 3.63) is 47.4 Å². The Kier molecular flexibility index (Phi) is 3.11. The first-order chi connectivity index (χ1) is 9.70. The van der Waals surface area contributed by atoms with Crippen molar-refractivity contribution in [1.29, 1.82) is 5.26 Å². The Bertz CT molecular complexity index is 640. The topological polar surface area (TPSA) is 85.1 Å². The number of hydrogen-bond acceptors (Lipinski definition) is 4. The lowest BCUT2D eigenvalue weighted by Gasteiger charge is -2.33. The van der Waals surface area contributed by atoms with Crippen LogP contribution in [-0.4, -0.2) is 0 Å². The highest BCUT2D eigenvalue weighted by atomic mass is 16.5. The van der Waals surface area contributed by atoms with Crippen LogP contribution < -0.4 is 16.2 Å². The van der Waals surface area contributed by atoms with E-state index in [1.165, 1.54) is 0 Å². The lowest BCUT2D eigenvalue weighted by Crippen LogP contribution is -2.25.